The van der Waals surface area contributed by atoms with E-state index >= 15 is 0 Å². The maximum absolute atomic E-state index is 11.2. The molecule has 1 spiro atoms. The Morgan fingerprint density at radius 3 is 2.72 bits per heavy atom. The molecule has 2 aliphatic carbocycles. The van der Waals surface area contributed by atoms with Gasteiger partial charge in [-0.05, 0) is 25.7 Å². The minimum atomic E-state index is 0.209. The van der Waals surface area contributed by atoms with Gasteiger partial charge in [0.2, 0.25) is 5.91 Å². The number of nitrogens with zero attached hydrogens (tertiary/aromatic N) is 4. The van der Waals surface area contributed by atoms with Gasteiger partial charge in [-0.15, -0.1) is 0 Å². The van der Waals surface area contributed by atoms with Crippen LogP contribution in [0.4, 0.5) is 0 Å². The van der Waals surface area contributed by atoms with Gasteiger partial charge in [-0.25, -0.2) is 9.67 Å². The third-order valence-corrected chi connectivity index (χ3v) is 4.68. The lowest BCUT2D eigenvalue weighted by atomic mass is 9.60. The predicted octanol–water partition coefficient (Wildman–Crippen LogP) is 1.34. The Balaban J connectivity index is 1.37. The van der Waals surface area contributed by atoms with E-state index in [1.54, 1.807) is 6.92 Å². The summed E-state index contributed by atoms with van der Waals surface area (Å²) in [5.74, 6) is 1.88. The fourth-order valence-electron chi connectivity index (χ4n) is 3.36. The smallest absolute Gasteiger partial charge is 0.219 e. The van der Waals surface area contributed by atoms with Gasteiger partial charge in [0.15, 0.2) is 5.82 Å². The van der Waals surface area contributed by atoms with Crippen LogP contribution >= 0.6 is 0 Å². The van der Waals surface area contributed by atoms with Gasteiger partial charge in [-0.3, -0.25) is 4.79 Å². The highest BCUT2D eigenvalue weighted by molar-refractivity contribution is 5.74. The molecule has 0 radical (unpaired) electrons. The van der Waals surface area contributed by atoms with Crippen LogP contribution in [0.25, 0.3) is 0 Å². The zero-order valence-electron chi connectivity index (χ0n) is 10.7. The molecule has 0 atom stereocenters. The Labute approximate surface area is 106 Å². The molecule has 1 aromatic heterocycles. The van der Waals surface area contributed by atoms with Gasteiger partial charge in [0.25, 0.3) is 0 Å². The summed E-state index contributed by atoms with van der Waals surface area (Å²) in [4.78, 5) is 17.5. The van der Waals surface area contributed by atoms with E-state index in [1.165, 1.54) is 12.8 Å². The number of aromatic nitrogens is 3. The van der Waals surface area contributed by atoms with E-state index in [4.69, 9.17) is 0 Å². The van der Waals surface area contributed by atoms with Crippen LogP contribution < -0.4 is 0 Å². The molecular weight excluding hydrogens is 228 g/mol. The van der Waals surface area contributed by atoms with Gasteiger partial charge >= 0.3 is 0 Å². The molecule has 1 aliphatic heterocycles. The predicted molar refractivity (Wildman–Crippen MR) is 65.0 cm³/mol. The number of carbonyl (C=O) groups is 1. The SMILES string of the molecule is CC(=O)N1CC2(CC(n3cnc(C4CC4)n3)C2)C1. The second-order valence-electron chi connectivity index (χ2n) is 6.29. The van der Waals surface area contributed by atoms with Crippen LogP contribution in [-0.2, 0) is 4.79 Å². The van der Waals surface area contributed by atoms with Gasteiger partial charge in [0, 0.05) is 31.3 Å². The van der Waals surface area contributed by atoms with Crippen molar-refractivity contribution in [2.45, 2.75) is 44.6 Å². The molecule has 3 fully saturated rings. The van der Waals surface area contributed by atoms with Crippen LogP contribution in [-0.4, -0.2) is 38.7 Å². The lowest BCUT2D eigenvalue weighted by molar-refractivity contribution is -0.152. The molecular formula is C13H18N4O. The highest BCUT2D eigenvalue weighted by Gasteiger charge is 2.54. The second kappa shape index (κ2) is 3.33. The Morgan fingerprint density at radius 2 is 2.11 bits per heavy atom. The first-order chi connectivity index (χ1) is 8.65. The summed E-state index contributed by atoms with van der Waals surface area (Å²) in [6, 6.07) is 0.513. The van der Waals surface area contributed by atoms with Crippen molar-refractivity contribution in [3.63, 3.8) is 0 Å². The van der Waals surface area contributed by atoms with E-state index in [0.29, 0.717) is 17.4 Å². The fraction of sp³-hybridized carbons (Fsp3) is 0.769. The van der Waals surface area contributed by atoms with Crippen molar-refractivity contribution in [3.05, 3.63) is 12.2 Å². The maximum Gasteiger partial charge on any atom is 0.219 e. The van der Waals surface area contributed by atoms with Crippen molar-refractivity contribution in [1.82, 2.24) is 19.7 Å². The van der Waals surface area contributed by atoms with E-state index in [9.17, 15) is 4.79 Å². The highest BCUT2D eigenvalue weighted by atomic mass is 16.2. The highest BCUT2D eigenvalue weighted by Crippen LogP contribution is 2.54. The number of hydrogen-bond acceptors (Lipinski definition) is 3. The number of rotatable bonds is 2. The van der Waals surface area contributed by atoms with Crippen LogP contribution in [0.2, 0.25) is 0 Å². The van der Waals surface area contributed by atoms with Crippen LogP contribution in [0.3, 0.4) is 0 Å². The van der Waals surface area contributed by atoms with Gasteiger partial charge < -0.3 is 4.90 Å². The number of carbonyl (C=O) groups excluding carboxylic acids is 1. The quantitative estimate of drug-likeness (QED) is 0.791. The van der Waals surface area contributed by atoms with Crippen LogP contribution in [0.1, 0.15) is 50.4 Å². The maximum atomic E-state index is 11.2. The van der Waals surface area contributed by atoms with E-state index < -0.39 is 0 Å². The first-order valence-corrected chi connectivity index (χ1v) is 6.82. The Morgan fingerprint density at radius 1 is 1.39 bits per heavy atom. The standard InChI is InChI=1S/C13H18N4O/c1-9(18)16-6-13(7-16)4-11(5-13)17-8-14-12(15-17)10-2-3-10/h8,10-11H,2-7H2,1H3. The molecule has 1 amide bonds. The Kier molecular flexibility index (Phi) is 1.95. The zero-order valence-corrected chi connectivity index (χ0v) is 10.7. The molecule has 3 aliphatic rings. The molecule has 0 unspecified atom stereocenters. The summed E-state index contributed by atoms with van der Waals surface area (Å²) in [5.41, 5.74) is 0.405. The third-order valence-electron chi connectivity index (χ3n) is 4.68. The van der Waals surface area contributed by atoms with Crippen molar-refractivity contribution in [2.75, 3.05) is 13.1 Å². The van der Waals surface area contributed by atoms with E-state index in [-0.39, 0.29) is 5.91 Å². The molecule has 0 bridgehead atoms. The molecule has 5 heteroatoms. The average molecular weight is 246 g/mol. The number of likely N-dealkylation sites (tertiary alicyclic amines) is 1. The van der Waals surface area contributed by atoms with Crippen molar-refractivity contribution >= 4 is 5.91 Å². The van der Waals surface area contributed by atoms with Gasteiger partial charge in [0.1, 0.15) is 6.33 Å². The molecule has 4 rings (SSSR count). The third kappa shape index (κ3) is 1.49. The van der Waals surface area contributed by atoms with Crippen molar-refractivity contribution in [3.8, 4) is 0 Å². The minimum absolute atomic E-state index is 0.209. The monoisotopic (exact) mass is 246 g/mol. The fourth-order valence-corrected chi connectivity index (χ4v) is 3.36. The number of hydrogen-bond donors (Lipinski definition) is 0. The Hall–Kier alpha value is -1.39. The molecule has 96 valence electrons. The van der Waals surface area contributed by atoms with Crippen LogP contribution in [0, 0.1) is 5.41 Å². The lowest BCUT2D eigenvalue weighted by Gasteiger charge is -2.58. The Bertz CT molecular complexity index is 491. The van der Waals surface area contributed by atoms with E-state index in [0.717, 1.165) is 31.8 Å². The lowest BCUT2D eigenvalue weighted by Crippen LogP contribution is -2.63. The number of amides is 1. The van der Waals surface area contributed by atoms with Crippen molar-refractivity contribution in [2.24, 2.45) is 5.41 Å². The average Bonchev–Trinajstić information content (AvgIpc) is 2.94. The van der Waals surface area contributed by atoms with E-state index in [1.807, 2.05) is 11.2 Å². The zero-order chi connectivity index (χ0) is 12.3. The molecule has 1 aromatic rings. The largest absolute Gasteiger partial charge is 0.342 e. The molecule has 1 saturated heterocycles. The summed E-state index contributed by atoms with van der Waals surface area (Å²) in [7, 11) is 0. The molecule has 0 N–H and O–H groups in total. The van der Waals surface area contributed by atoms with Crippen LogP contribution in [0.5, 0.6) is 0 Å². The first kappa shape index (κ1) is 10.5. The molecule has 2 saturated carbocycles. The minimum Gasteiger partial charge on any atom is -0.342 e. The molecule has 2 heterocycles. The van der Waals surface area contributed by atoms with Crippen molar-refractivity contribution < 1.29 is 4.79 Å². The molecule has 0 aromatic carbocycles. The summed E-state index contributed by atoms with van der Waals surface area (Å²) in [5, 5.41) is 4.60. The summed E-state index contributed by atoms with van der Waals surface area (Å²) < 4.78 is 2.05. The first-order valence-electron chi connectivity index (χ1n) is 6.82. The van der Waals surface area contributed by atoms with Crippen LogP contribution in [0.15, 0.2) is 6.33 Å². The molecule has 18 heavy (non-hydrogen) atoms. The van der Waals surface area contributed by atoms with E-state index in [2.05, 4.69) is 14.8 Å². The summed E-state index contributed by atoms with van der Waals surface area (Å²) in [6.45, 7) is 3.55. The summed E-state index contributed by atoms with van der Waals surface area (Å²) >= 11 is 0. The van der Waals surface area contributed by atoms with Gasteiger partial charge in [0.05, 0.1) is 6.04 Å². The normalized spacial score (nSPS) is 25.9. The van der Waals surface area contributed by atoms with Gasteiger partial charge in [-0.1, -0.05) is 0 Å². The summed E-state index contributed by atoms with van der Waals surface area (Å²) in [6.07, 6.45) is 6.72. The molecule has 5 nitrogen and oxygen atoms in total. The second-order valence-corrected chi connectivity index (χ2v) is 6.29. The van der Waals surface area contributed by atoms with Gasteiger partial charge in [-0.2, -0.15) is 5.10 Å². The van der Waals surface area contributed by atoms with Crippen molar-refractivity contribution in [1.29, 1.82) is 0 Å². The topological polar surface area (TPSA) is 51.0 Å².